The Bertz CT molecular complexity index is 471. The maximum absolute atomic E-state index is 12.9. The van der Waals surface area contributed by atoms with Gasteiger partial charge in [0.2, 0.25) is 5.89 Å². The van der Waals surface area contributed by atoms with Gasteiger partial charge in [0.25, 0.3) is 0 Å². The zero-order valence-electron chi connectivity index (χ0n) is 8.56. The fourth-order valence-electron chi connectivity index (χ4n) is 1.39. The number of nitrogens with zero attached hydrogens (tertiary/aromatic N) is 2. The second kappa shape index (κ2) is 4.85. The van der Waals surface area contributed by atoms with Gasteiger partial charge in [-0.15, -0.1) is 0 Å². The summed E-state index contributed by atoms with van der Waals surface area (Å²) < 4.78 is 17.9. The summed E-state index contributed by atoms with van der Waals surface area (Å²) in [7, 11) is 0. The summed E-state index contributed by atoms with van der Waals surface area (Å²) in [4.78, 5) is 4.06. The predicted octanol–water partition coefficient (Wildman–Crippen LogP) is 1.33. The van der Waals surface area contributed by atoms with E-state index >= 15 is 0 Å². The molecular formula is C11H11FN2O2. The minimum atomic E-state index is -0.285. The van der Waals surface area contributed by atoms with Gasteiger partial charge in [0.1, 0.15) is 5.82 Å². The van der Waals surface area contributed by atoms with E-state index in [1.165, 1.54) is 12.1 Å². The van der Waals surface area contributed by atoms with Crippen LogP contribution < -0.4 is 0 Å². The molecule has 0 aliphatic heterocycles. The molecule has 0 amide bonds. The third-order valence-corrected chi connectivity index (χ3v) is 2.09. The molecule has 0 aliphatic carbocycles. The fourth-order valence-corrected chi connectivity index (χ4v) is 1.39. The molecule has 0 radical (unpaired) electrons. The number of halogens is 1. The summed E-state index contributed by atoms with van der Waals surface area (Å²) in [5, 5.41) is 12.4. The Hall–Kier alpha value is -1.75. The predicted molar refractivity (Wildman–Crippen MR) is 54.3 cm³/mol. The van der Waals surface area contributed by atoms with Crippen LogP contribution in [0.15, 0.2) is 28.8 Å². The number of benzene rings is 1. The first kappa shape index (κ1) is 10.8. The second-order valence-corrected chi connectivity index (χ2v) is 3.38. The minimum absolute atomic E-state index is 0.0149. The van der Waals surface area contributed by atoms with Crippen LogP contribution in [0, 0.1) is 5.82 Å². The molecule has 1 aromatic heterocycles. The molecule has 1 heterocycles. The molecule has 0 bridgehead atoms. The van der Waals surface area contributed by atoms with Crippen LogP contribution in [0.25, 0.3) is 0 Å². The largest absolute Gasteiger partial charge is 0.396 e. The first-order valence-corrected chi connectivity index (χ1v) is 4.94. The van der Waals surface area contributed by atoms with Crippen molar-refractivity contribution in [2.45, 2.75) is 12.8 Å². The number of aliphatic hydroxyl groups is 1. The van der Waals surface area contributed by atoms with Gasteiger partial charge in [0.05, 0.1) is 13.0 Å². The van der Waals surface area contributed by atoms with Crippen molar-refractivity contribution in [1.82, 2.24) is 10.1 Å². The van der Waals surface area contributed by atoms with Crippen LogP contribution in [0.5, 0.6) is 0 Å². The van der Waals surface area contributed by atoms with Gasteiger partial charge in [-0.05, 0) is 17.7 Å². The molecule has 4 nitrogen and oxygen atoms in total. The van der Waals surface area contributed by atoms with Crippen LogP contribution in [0.4, 0.5) is 4.39 Å². The lowest BCUT2D eigenvalue weighted by Gasteiger charge is -1.95. The molecule has 1 aromatic carbocycles. The lowest BCUT2D eigenvalue weighted by molar-refractivity contribution is 0.293. The van der Waals surface area contributed by atoms with Crippen LogP contribution in [0.2, 0.25) is 0 Å². The van der Waals surface area contributed by atoms with E-state index in [9.17, 15) is 4.39 Å². The normalized spacial score (nSPS) is 10.6. The molecule has 1 N–H and O–H groups in total. The van der Waals surface area contributed by atoms with Crippen LogP contribution in [-0.2, 0) is 12.8 Å². The molecule has 0 saturated carbocycles. The van der Waals surface area contributed by atoms with Crippen molar-refractivity contribution >= 4 is 0 Å². The van der Waals surface area contributed by atoms with E-state index in [4.69, 9.17) is 9.63 Å². The maximum Gasteiger partial charge on any atom is 0.231 e. The van der Waals surface area contributed by atoms with Gasteiger partial charge in [-0.25, -0.2) is 4.39 Å². The Morgan fingerprint density at radius 1 is 1.38 bits per heavy atom. The number of aromatic nitrogens is 2. The molecule has 16 heavy (non-hydrogen) atoms. The first-order chi connectivity index (χ1) is 7.78. The molecule has 2 aromatic rings. The highest BCUT2D eigenvalue weighted by Gasteiger charge is 2.06. The number of hydrogen-bond acceptors (Lipinski definition) is 4. The van der Waals surface area contributed by atoms with Crippen molar-refractivity contribution in [3.05, 3.63) is 47.4 Å². The fraction of sp³-hybridized carbons (Fsp3) is 0.273. The SMILES string of the molecule is OCCc1noc(Cc2cccc(F)c2)n1. The highest BCUT2D eigenvalue weighted by atomic mass is 19.1. The minimum Gasteiger partial charge on any atom is -0.396 e. The first-order valence-electron chi connectivity index (χ1n) is 4.94. The topological polar surface area (TPSA) is 59.2 Å². The van der Waals surface area contributed by atoms with Gasteiger partial charge in [0, 0.05) is 6.42 Å². The molecular weight excluding hydrogens is 211 g/mol. The Morgan fingerprint density at radius 3 is 3.00 bits per heavy atom. The van der Waals surface area contributed by atoms with Crippen molar-refractivity contribution in [1.29, 1.82) is 0 Å². The van der Waals surface area contributed by atoms with Crippen molar-refractivity contribution in [2.24, 2.45) is 0 Å². The zero-order valence-corrected chi connectivity index (χ0v) is 8.56. The average molecular weight is 222 g/mol. The Morgan fingerprint density at radius 2 is 2.25 bits per heavy atom. The summed E-state index contributed by atoms with van der Waals surface area (Å²) in [6.07, 6.45) is 0.767. The lowest BCUT2D eigenvalue weighted by atomic mass is 10.1. The summed E-state index contributed by atoms with van der Waals surface area (Å²) in [6.45, 7) is -0.0149. The molecule has 0 spiro atoms. The van der Waals surface area contributed by atoms with E-state index in [0.717, 1.165) is 5.56 Å². The number of hydrogen-bond donors (Lipinski definition) is 1. The van der Waals surface area contributed by atoms with Crippen molar-refractivity contribution in [2.75, 3.05) is 6.61 Å². The molecule has 5 heteroatoms. The molecule has 0 unspecified atom stereocenters. The third-order valence-electron chi connectivity index (χ3n) is 2.09. The molecule has 0 saturated heterocycles. The number of rotatable bonds is 4. The zero-order chi connectivity index (χ0) is 11.4. The molecule has 0 atom stereocenters. The monoisotopic (exact) mass is 222 g/mol. The number of aliphatic hydroxyl groups excluding tert-OH is 1. The van der Waals surface area contributed by atoms with Crippen LogP contribution in [0.1, 0.15) is 17.3 Å². The van der Waals surface area contributed by atoms with E-state index in [-0.39, 0.29) is 12.4 Å². The van der Waals surface area contributed by atoms with Gasteiger partial charge in [0.15, 0.2) is 5.82 Å². The summed E-state index contributed by atoms with van der Waals surface area (Å²) in [5.74, 6) is 0.607. The highest BCUT2D eigenvalue weighted by molar-refractivity contribution is 5.19. The average Bonchev–Trinajstić information content (AvgIpc) is 2.66. The molecule has 2 rings (SSSR count). The highest BCUT2D eigenvalue weighted by Crippen LogP contribution is 2.09. The van der Waals surface area contributed by atoms with Crippen LogP contribution >= 0.6 is 0 Å². The summed E-state index contributed by atoms with van der Waals surface area (Å²) in [5.41, 5.74) is 0.777. The molecule has 84 valence electrons. The van der Waals surface area contributed by atoms with Gasteiger partial charge < -0.3 is 9.63 Å². The van der Waals surface area contributed by atoms with Crippen LogP contribution in [0.3, 0.4) is 0 Å². The van der Waals surface area contributed by atoms with Crippen molar-refractivity contribution < 1.29 is 14.0 Å². The van der Waals surface area contributed by atoms with E-state index in [2.05, 4.69) is 10.1 Å². The van der Waals surface area contributed by atoms with Crippen molar-refractivity contribution in [3.63, 3.8) is 0 Å². The van der Waals surface area contributed by atoms with Crippen LogP contribution in [-0.4, -0.2) is 21.9 Å². The van der Waals surface area contributed by atoms with Gasteiger partial charge in [-0.2, -0.15) is 4.98 Å². The second-order valence-electron chi connectivity index (χ2n) is 3.38. The van der Waals surface area contributed by atoms with E-state index in [0.29, 0.717) is 24.6 Å². The Balaban J connectivity index is 2.08. The van der Waals surface area contributed by atoms with Gasteiger partial charge >= 0.3 is 0 Å². The molecule has 0 fully saturated rings. The van der Waals surface area contributed by atoms with E-state index < -0.39 is 0 Å². The van der Waals surface area contributed by atoms with E-state index in [1.54, 1.807) is 12.1 Å². The smallest absolute Gasteiger partial charge is 0.231 e. The molecule has 0 aliphatic rings. The van der Waals surface area contributed by atoms with Crippen molar-refractivity contribution in [3.8, 4) is 0 Å². The van der Waals surface area contributed by atoms with Gasteiger partial charge in [-0.1, -0.05) is 17.3 Å². The standard InChI is InChI=1S/C11H11FN2O2/c12-9-3-1-2-8(6-9)7-11-13-10(4-5-15)14-16-11/h1-3,6,15H,4-5,7H2. The Labute approximate surface area is 91.7 Å². The summed E-state index contributed by atoms with van der Waals surface area (Å²) in [6, 6.07) is 6.24. The quantitative estimate of drug-likeness (QED) is 0.847. The Kier molecular flexibility index (Phi) is 3.26. The maximum atomic E-state index is 12.9. The lowest BCUT2D eigenvalue weighted by Crippen LogP contribution is -1.94. The van der Waals surface area contributed by atoms with Gasteiger partial charge in [-0.3, -0.25) is 0 Å². The third kappa shape index (κ3) is 2.64. The summed E-state index contributed by atoms with van der Waals surface area (Å²) >= 11 is 0. The van der Waals surface area contributed by atoms with E-state index in [1.807, 2.05) is 0 Å².